The van der Waals surface area contributed by atoms with Crippen molar-refractivity contribution in [3.63, 3.8) is 0 Å². The Morgan fingerprint density at radius 3 is 2.11 bits per heavy atom. The lowest BCUT2D eigenvalue weighted by atomic mass is 9.98. The summed E-state index contributed by atoms with van der Waals surface area (Å²) in [7, 11) is 0. The molecule has 0 spiro atoms. The van der Waals surface area contributed by atoms with E-state index in [1.54, 1.807) is 6.07 Å². The van der Waals surface area contributed by atoms with E-state index in [1.807, 2.05) is 48.5 Å². The van der Waals surface area contributed by atoms with E-state index in [-0.39, 0.29) is 5.82 Å². The molecule has 0 aromatic heterocycles. The minimum absolute atomic E-state index is 0.151. The number of hydrogen-bond donors (Lipinski definition) is 0. The van der Waals surface area contributed by atoms with Crippen molar-refractivity contribution in [3.05, 3.63) is 83.7 Å². The highest BCUT2D eigenvalue weighted by Gasteiger charge is 2.05. The molecule has 0 atom stereocenters. The molecule has 0 aliphatic heterocycles. The minimum atomic E-state index is -0.151. The molecule has 0 saturated heterocycles. The molecule has 0 aliphatic rings. The number of fused-ring (bicyclic) bond motifs is 1. The molecule has 0 nitrogen and oxygen atoms in total. The maximum absolute atomic E-state index is 13.7. The Hall–Kier alpha value is -2.15. The number of benzene rings is 3. The molecule has 0 amide bonds. The van der Waals surface area contributed by atoms with Gasteiger partial charge in [-0.2, -0.15) is 0 Å². The molecule has 18 heavy (non-hydrogen) atoms. The van der Waals surface area contributed by atoms with Gasteiger partial charge in [0.05, 0.1) is 0 Å². The molecule has 3 aromatic carbocycles. The molecule has 0 fully saturated rings. The van der Waals surface area contributed by atoms with Crippen molar-refractivity contribution in [2.75, 3.05) is 0 Å². The highest BCUT2D eigenvalue weighted by Crippen LogP contribution is 2.23. The molecular weight excluding hydrogens is 223 g/mol. The molecule has 0 N–H and O–H groups in total. The van der Waals surface area contributed by atoms with Crippen LogP contribution in [0.25, 0.3) is 10.8 Å². The van der Waals surface area contributed by atoms with Crippen molar-refractivity contribution in [1.29, 1.82) is 0 Å². The Bertz CT molecular complexity index is 672. The second-order valence-corrected chi connectivity index (χ2v) is 4.41. The van der Waals surface area contributed by atoms with Gasteiger partial charge in [-0.15, -0.1) is 0 Å². The van der Waals surface area contributed by atoms with E-state index in [2.05, 4.69) is 12.1 Å². The van der Waals surface area contributed by atoms with Crippen molar-refractivity contribution in [2.45, 2.75) is 6.42 Å². The van der Waals surface area contributed by atoms with Gasteiger partial charge in [0.1, 0.15) is 5.82 Å². The van der Waals surface area contributed by atoms with E-state index in [0.717, 1.165) is 11.8 Å². The summed E-state index contributed by atoms with van der Waals surface area (Å²) in [4.78, 5) is 0. The molecule has 0 heterocycles. The highest BCUT2D eigenvalue weighted by atomic mass is 19.1. The third-order valence-corrected chi connectivity index (χ3v) is 3.20. The van der Waals surface area contributed by atoms with E-state index in [0.29, 0.717) is 5.39 Å². The van der Waals surface area contributed by atoms with E-state index in [4.69, 9.17) is 0 Å². The van der Waals surface area contributed by atoms with Gasteiger partial charge in [0.2, 0.25) is 0 Å². The van der Waals surface area contributed by atoms with Gasteiger partial charge in [0.15, 0.2) is 0 Å². The zero-order valence-electron chi connectivity index (χ0n) is 9.94. The summed E-state index contributed by atoms with van der Waals surface area (Å²) in [6.07, 6.45) is 0.835. The average molecular weight is 236 g/mol. The zero-order chi connectivity index (χ0) is 12.4. The smallest absolute Gasteiger partial charge is 0.131 e. The predicted octanol–water partition coefficient (Wildman–Crippen LogP) is 4.57. The molecule has 0 unspecified atom stereocenters. The van der Waals surface area contributed by atoms with Crippen LogP contribution in [0, 0.1) is 5.82 Å². The molecule has 3 rings (SSSR count). The second kappa shape index (κ2) is 4.61. The first-order valence-electron chi connectivity index (χ1n) is 6.04. The number of hydrogen-bond acceptors (Lipinski definition) is 0. The van der Waals surface area contributed by atoms with Crippen molar-refractivity contribution in [3.8, 4) is 0 Å². The molecule has 0 saturated carbocycles. The van der Waals surface area contributed by atoms with Gasteiger partial charge in [-0.3, -0.25) is 0 Å². The Morgan fingerprint density at radius 1 is 0.667 bits per heavy atom. The van der Waals surface area contributed by atoms with Gasteiger partial charge in [-0.1, -0.05) is 60.7 Å². The summed E-state index contributed by atoms with van der Waals surface area (Å²) >= 11 is 0. The Balaban J connectivity index is 2.10. The largest absolute Gasteiger partial charge is 0.206 e. The van der Waals surface area contributed by atoms with Crippen LogP contribution in [0.3, 0.4) is 0 Å². The van der Waals surface area contributed by atoms with Gasteiger partial charge >= 0.3 is 0 Å². The number of halogens is 1. The third-order valence-electron chi connectivity index (χ3n) is 3.20. The first-order chi connectivity index (χ1) is 8.84. The van der Waals surface area contributed by atoms with Gasteiger partial charge in [-0.05, 0) is 29.0 Å². The molecule has 1 heteroatoms. The van der Waals surface area contributed by atoms with Crippen molar-refractivity contribution < 1.29 is 4.39 Å². The minimum Gasteiger partial charge on any atom is -0.206 e. The van der Waals surface area contributed by atoms with Crippen LogP contribution in [-0.4, -0.2) is 0 Å². The Morgan fingerprint density at radius 2 is 1.33 bits per heavy atom. The maximum atomic E-state index is 13.7. The van der Waals surface area contributed by atoms with Crippen LogP contribution >= 0.6 is 0 Å². The van der Waals surface area contributed by atoms with Gasteiger partial charge in [0, 0.05) is 5.39 Å². The standard InChI is InChI=1S/C17H13F/c18-17-11-10-14(12-13-6-2-1-3-7-13)15-8-4-5-9-16(15)17/h1-11H,12H2. The summed E-state index contributed by atoms with van der Waals surface area (Å²) in [5, 5.41) is 1.70. The molecule has 88 valence electrons. The van der Waals surface area contributed by atoms with Crippen LogP contribution in [0.15, 0.2) is 66.7 Å². The third kappa shape index (κ3) is 2.00. The molecule has 0 bridgehead atoms. The second-order valence-electron chi connectivity index (χ2n) is 4.41. The van der Waals surface area contributed by atoms with Gasteiger partial charge < -0.3 is 0 Å². The fraction of sp³-hybridized carbons (Fsp3) is 0.0588. The molecule has 3 aromatic rings. The molecule has 0 radical (unpaired) electrons. The van der Waals surface area contributed by atoms with Crippen LogP contribution in [0.4, 0.5) is 4.39 Å². The van der Waals surface area contributed by atoms with Crippen LogP contribution in [0.5, 0.6) is 0 Å². The first kappa shape index (κ1) is 11.0. The molecule has 0 aliphatic carbocycles. The lowest BCUT2D eigenvalue weighted by Gasteiger charge is -2.07. The maximum Gasteiger partial charge on any atom is 0.131 e. The van der Waals surface area contributed by atoms with Crippen LogP contribution in [0.2, 0.25) is 0 Å². The average Bonchev–Trinajstić information content (AvgIpc) is 2.44. The summed E-state index contributed by atoms with van der Waals surface area (Å²) in [6.45, 7) is 0. The Kier molecular flexibility index (Phi) is 2.81. The topological polar surface area (TPSA) is 0 Å². The summed E-state index contributed by atoms with van der Waals surface area (Å²) < 4.78 is 13.7. The van der Waals surface area contributed by atoms with E-state index < -0.39 is 0 Å². The van der Waals surface area contributed by atoms with E-state index >= 15 is 0 Å². The van der Waals surface area contributed by atoms with Crippen LogP contribution < -0.4 is 0 Å². The summed E-state index contributed by atoms with van der Waals surface area (Å²) in [5.41, 5.74) is 2.41. The van der Waals surface area contributed by atoms with Crippen molar-refractivity contribution in [1.82, 2.24) is 0 Å². The first-order valence-corrected chi connectivity index (χ1v) is 6.04. The highest BCUT2D eigenvalue weighted by molar-refractivity contribution is 5.86. The monoisotopic (exact) mass is 236 g/mol. The van der Waals surface area contributed by atoms with Crippen molar-refractivity contribution >= 4 is 10.8 Å². The number of rotatable bonds is 2. The van der Waals surface area contributed by atoms with Crippen molar-refractivity contribution in [2.24, 2.45) is 0 Å². The predicted molar refractivity (Wildman–Crippen MR) is 73.2 cm³/mol. The molecular formula is C17H13F. The zero-order valence-corrected chi connectivity index (χ0v) is 9.94. The summed E-state index contributed by atoms with van der Waals surface area (Å²) in [6, 6.07) is 21.3. The summed E-state index contributed by atoms with van der Waals surface area (Å²) in [5.74, 6) is -0.151. The normalized spacial score (nSPS) is 10.7. The van der Waals surface area contributed by atoms with Crippen LogP contribution in [-0.2, 0) is 6.42 Å². The lowest BCUT2D eigenvalue weighted by Crippen LogP contribution is -1.91. The fourth-order valence-corrected chi connectivity index (χ4v) is 2.29. The van der Waals surface area contributed by atoms with Gasteiger partial charge in [0.25, 0.3) is 0 Å². The fourth-order valence-electron chi connectivity index (χ4n) is 2.29. The van der Waals surface area contributed by atoms with Crippen LogP contribution in [0.1, 0.15) is 11.1 Å². The van der Waals surface area contributed by atoms with E-state index in [1.165, 1.54) is 11.1 Å². The van der Waals surface area contributed by atoms with Gasteiger partial charge in [-0.25, -0.2) is 4.39 Å². The Labute approximate surface area is 106 Å². The van der Waals surface area contributed by atoms with E-state index in [9.17, 15) is 4.39 Å². The quantitative estimate of drug-likeness (QED) is 0.611. The SMILES string of the molecule is Fc1ccc(Cc2ccccc2)c2ccccc12. The lowest BCUT2D eigenvalue weighted by molar-refractivity contribution is 0.639.